The first kappa shape index (κ1) is 18.4. The number of nitrogens with zero attached hydrogens (tertiary/aromatic N) is 1. The Labute approximate surface area is 145 Å². The van der Waals surface area contributed by atoms with Gasteiger partial charge in [0.1, 0.15) is 12.1 Å². The number of imide groups is 1. The quantitative estimate of drug-likeness (QED) is 0.639. The van der Waals surface area contributed by atoms with Crippen molar-refractivity contribution in [1.82, 2.24) is 15.5 Å². The molecule has 4 amide bonds. The number of amides is 4. The van der Waals surface area contributed by atoms with E-state index in [2.05, 4.69) is 10.6 Å². The van der Waals surface area contributed by atoms with Gasteiger partial charge in [-0.25, -0.2) is 9.59 Å². The summed E-state index contributed by atoms with van der Waals surface area (Å²) in [6.45, 7) is 3.45. The van der Waals surface area contributed by atoms with Gasteiger partial charge in [0.25, 0.3) is 5.91 Å². The van der Waals surface area contributed by atoms with Crippen LogP contribution in [0.3, 0.4) is 0 Å². The molecule has 0 saturated carbocycles. The van der Waals surface area contributed by atoms with Crippen molar-refractivity contribution in [3.8, 4) is 0 Å². The van der Waals surface area contributed by atoms with E-state index in [0.717, 1.165) is 4.90 Å². The van der Waals surface area contributed by atoms with Crippen molar-refractivity contribution in [3.63, 3.8) is 0 Å². The summed E-state index contributed by atoms with van der Waals surface area (Å²) in [5, 5.41) is 14.1. The highest BCUT2D eigenvalue weighted by atomic mass is 16.4. The number of aromatic carboxylic acids is 1. The Kier molecular flexibility index (Phi) is 5.41. The van der Waals surface area contributed by atoms with Crippen LogP contribution in [0.25, 0.3) is 0 Å². The Bertz CT molecular complexity index is 695. The van der Waals surface area contributed by atoms with Gasteiger partial charge in [-0.2, -0.15) is 0 Å². The van der Waals surface area contributed by atoms with Crippen molar-refractivity contribution in [2.75, 3.05) is 6.54 Å². The molecule has 134 valence electrons. The summed E-state index contributed by atoms with van der Waals surface area (Å²) in [5.41, 5.74) is -0.0544. The number of carbonyl (C=O) groups is 4. The molecule has 0 spiro atoms. The Morgan fingerprint density at radius 1 is 1.16 bits per heavy atom. The monoisotopic (exact) mass is 347 g/mol. The SMILES string of the molecule is CCC1(CC)NC(=O)N(CC(=O)NCc2ccc(C(=O)O)cc2)C1=O. The van der Waals surface area contributed by atoms with Crippen molar-refractivity contribution < 1.29 is 24.3 Å². The minimum absolute atomic E-state index is 0.157. The normalized spacial score (nSPS) is 15.8. The lowest BCUT2D eigenvalue weighted by Crippen LogP contribution is -2.46. The summed E-state index contributed by atoms with van der Waals surface area (Å²) in [5.74, 6) is -1.87. The molecule has 1 aliphatic heterocycles. The van der Waals surface area contributed by atoms with Crippen LogP contribution in [0.5, 0.6) is 0 Å². The zero-order chi connectivity index (χ0) is 18.6. The third kappa shape index (κ3) is 3.78. The molecule has 1 aromatic carbocycles. The summed E-state index contributed by atoms with van der Waals surface area (Å²) in [6, 6.07) is 5.51. The topological polar surface area (TPSA) is 116 Å². The molecule has 0 aromatic heterocycles. The highest BCUT2D eigenvalue weighted by molar-refractivity contribution is 6.08. The summed E-state index contributed by atoms with van der Waals surface area (Å²) in [7, 11) is 0. The fourth-order valence-electron chi connectivity index (χ4n) is 2.71. The predicted octanol–water partition coefficient (Wildman–Crippen LogP) is 1.11. The van der Waals surface area contributed by atoms with Crippen LogP contribution in [0, 0.1) is 0 Å². The maximum Gasteiger partial charge on any atom is 0.335 e. The Morgan fingerprint density at radius 3 is 2.24 bits per heavy atom. The van der Waals surface area contributed by atoms with Crippen LogP contribution in [-0.2, 0) is 16.1 Å². The second-order valence-electron chi connectivity index (χ2n) is 5.89. The van der Waals surface area contributed by atoms with Crippen LogP contribution >= 0.6 is 0 Å². The lowest BCUT2D eigenvalue weighted by molar-refractivity contribution is -0.135. The van der Waals surface area contributed by atoms with Crippen LogP contribution < -0.4 is 10.6 Å². The molecule has 1 heterocycles. The lowest BCUT2D eigenvalue weighted by atomic mass is 9.93. The van der Waals surface area contributed by atoms with E-state index >= 15 is 0 Å². The summed E-state index contributed by atoms with van der Waals surface area (Å²) in [6.07, 6.45) is 0.921. The zero-order valence-corrected chi connectivity index (χ0v) is 14.2. The molecule has 0 bridgehead atoms. The Hall–Kier alpha value is -2.90. The van der Waals surface area contributed by atoms with E-state index in [1.165, 1.54) is 12.1 Å². The van der Waals surface area contributed by atoms with E-state index in [4.69, 9.17) is 5.11 Å². The van der Waals surface area contributed by atoms with Crippen molar-refractivity contribution in [2.45, 2.75) is 38.8 Å². The number of nitrogens with one attached hydrogen (secondary N) is 2. The average molecular weight is 347 g/mol. The molecular formula is C17H21N3O5. The molecule has 8 nitrogen and oxygen atoms in total. The highest BCUT2D eigenvalue weighted by Crippen LogP contribution is 2.24. The van der Waals surface area contributed by atoms with Gasteiger partial charge in [0, 0.05) is 6.54 Å². The third-order valence-electron chi connectivity index (χ3n) is 4.45. The lowest BCUT2D eigenvalue weighted by Gasteiger charge is -2.23. The first-order valence-corrected chi connectivity index (χ1v) is 8.06. The van der Waals surface area contributed by atoms with Crippen LogP contribution in [0.15, 0.2) is 24.3 Å². The van der Waals surface area contributed by atoms with Crippen molar-refractivity contribution in [3.05, 3.63) is 35.4 Å². The van der Waals surface area contributed by atoms with E-state index in [9.17, 15) is 19.2 Å². The second-order valence-corrected chi connectivity index (χ2v) is 5.89. The molecule has 0 aliphatic carbocycles. The number of hydrogen-bond donors (Lipinski definition) is 3. The number of urea groups is 1. The van der Waals surface area contributed by atoms with Gasteiger partial charge in [-0.15, -0.1) is 0 Å². The Morgan fingerprint density at radius 2 is 1.76 bits per heavy atom. The molecule has 0 atom stereocenters. The van der Waals surface area contributed by atoms with Crippen LogP contribution in [-0.4, -0.2) is 45.9 Å². The molecule has 0 unspecified atom stereocenters. The van der Waals surface area contributed by atoms with E-state index in [0.29, 0.717) is 18.4 Å². The molecule has 2 rings (SSSR count). The van der Waals surface area contributed by atoms with Crippen molar-refractivity contribution in [2.24, 2.45) is 0 Å². The number of rotatable bonds is 7. The summed E-state index contributed by atoms with van der Waals surface area (Å²) >= 11 is 0. The minimum atomic E-state index is -1.02. The van der Waals surface area contributed by atoms with Gasteiger partial charge < -0.3 is 15.7 Å². The maximum atomic E-state index is 12.4. The number of carboxylic acids is 1. The molecule has 8 heteroatoms. The number of carboxylic acid groups (broad SMARTS) is 1. The fourth-order valence-corrected chi connectivity index (χ4v) is 2.71. The van der Waals surface area contributed by atoms with Gasteiger partial charge in [-0.05, 0) is 30.5 Å². The average Bonchev–Trinajstić information content (AvgIpc) is 2.85. The predicted molar refractivity (Wildman–Crippen MR) is 88.8 cm³/mol. The Balaban J connectivity index is 1.93. The molecule has 1 saturated heterocycles. The van der Waals surface area contributed by atoms with Gasteiger partial charge in [0.2, 0.25) is 5.91 Å². The van der Waals surface area contributed by atoms with Crippen molar-refractivity contribution >= 4 is 23.8 Å². The van der Waals surface area contributed by atoms with Crippen LogP contribution in [0.1, 0.15) is 42.6 Å². The molecule has 25 heavy (non-hydrogen) atoms. The largest absolute Gasteiger partial charge is 0.478 e. The standard InChI is InChI=1S/C17H21N3O5/c1-3-17(4-2)15(24)20(16(25)19-17)10-13(21)18-9-11-5-7-12(8-6-11)14(22)23/h5-8H,3-4,9-10H2,1-2H3,(H,18,21)(H,19,25)(H,22,23). The van der Waals surface area contributed by atoms with Gasteiger partial charge in [-0.1, -0.05) is 26.0 Å². The second kappa shape index (κ2) is 7.33. The fraction of sp³-hybridized carbons (Fsp3) is 0.412. The molecule has 1 aliphatic rings. The number of benzene rings is 1. The molecule has 1 fully saturated rings. The summed E-state index contributed by atoms with van der Waals surface area (Å²) in [4.78, 5) is 48.2. The van der Waals surface area contributed by atoms with E-state index < -0.39 is 23.4 Å². The smallest absolute Gasteiger partial charge is 0.335 e. The number of carbonyl (C=O) groups excluding carboxylic acids is 3. The van der Waals surface area contributed by atoms with E-state index in [1.807, 2.05) is 13.8 Å². The first-order chi connectivity index (χ1) is 11.8. The molecular weight excluding hydrogens is 326 g/mol. The van der Waals surface area contributed by atoms with E-state index in [-0.39, 0.29) is 24.6 Å². The first-order valence-electron chi connectivity index (χ1n) is 8.06. The van der Waals surface area contributed by atoms with Gasteiger partial charge in [-0.3, -0.25) is 14.5 Å². The number of hydrogen-bond acceptors (Lipinski definition) is 4. The van der Waals surface area contributed by atoms with E-state index in [1.54, 1.807) is 12.1 Å². The summed E-state index contributed by atoms with van der Waals surface area (Å²) < 4.78 is 0. The van der Waals surface area contributed by atoms with Gasteiger partial charge >= 0.3 is 12.0 Å². The zero-order valence-electron chi connectivity index (χ0n) is 14.2. The van der Waals surface area contributed by atoms with Gasteiger partial charge in [0.05, 0.1) is 5.56 Å². The van der Waals surface area contributed by atoms with Crippen LogP contribution in [0.2, 0.25) is 0 Å². The molecule has 3 N–H and O–H groups in total. The minimum Gasteiger partial charge on any atom is -0.478 e. The van der Waals surface area contributed by atoms with Crippen LogP contribution in [0.4, 0.5) is 4.79 Å². The highest BCUT2D eigenvalue weighted by Gasteiger charge is 2.49. The maximum absolute atomic E-state index is 12.4. The third-order valence-corrected chi connectivity index (χ3v) is 4.45. The molecule has 0 radical (unpaired) electrons. The van der Waals surface area contributed by atoms with Crippen molar-refractivity contribution in [1.29, 1.82) is 0 Å². The van der Waals surface area contributed by atoms with Gasteiger partial charge in [0.15, 0.2) is 0 Å². The molecule has 1 aromatic rings.